The van der Waals surface area contributed by atoms with Crippen molar-refractivity contribution in [2.45, 2.75) is 26.1 Å². The number of amides is 2. The lowest BCUT2D eigenvalue weighted by atomic mass is 10.2. The van der Waals surface area contributed by atoms with Crippen LogP contribution in [0.1, 0.15) is 24.5 Å². The third-order valence-corrected chi connectivity index (χ3v) is 2.51. The Balaban J connectivity index is 2.73. The topological polar surface area (TPSA) is 82.8 Å². The molecule has 2 N–H and O–H groups in total. The lowest BCUT2D eigenvalue weighted by Crippen LogP contribution is -2.47. The van der Waals surface area contributed by atoms with Crippen LogP contribution in [-0.2, 0) is 4.79 Å². The molecule has 2 amide bonds. The van der Waals surface area contributed by atoms with E-state index >= 15 is 0 Å². The maximum atomic E-state index is 12.3. The van der Waals surface area contributed by atoms with E-state index in [1.54, 1.807) is 19.1 Å². The molecule has 0 aliphatic carbocycles. The van der Waals surface area contributed by atoms with Crippen molar-refractivity contribution in [1.29, 1.82) is 0 Å². The summed E-state index contributed by atoms with van der Waals surface area (Å²) in [5, 5.41) is 10.8. The summed E-state index contributed by atoms with van der Waals surface area (Å²) in [6, 6.07) is 1.40. The van der Waals surface area contributed by atoms with Gasteiger partial charge >= 0.3 is 18.2 Å². The molecule has 0 aromatic carbocycles. The monoisotopic (exact) mass is 308 g/mol. The number of carboxylic acid groups (broad SMARTS) is 1. The summed E-state index contributed by atoms with van der Waals surface area (Å²) < 4.78 is 42.3. The number of aliphatic carboxylic acids is 1. The minimum Gasteiger partial charge on any atom is -0.480 e. The number of halogens is 3. The molecule has 1 aromatic heterocycles. The van der Waals surface area contributed by atoms with E-state index in [4.69, 9.17) is 9.52 Å². The maximum Gasteiger partial charge on any atom is 0.406 e. The normalized spacial score (nSPS) is 12.8. The number of nitrogens with one attached hydrogen (secondary N) is 1. The Morgan fingerprint density at radius 3 is 2.48 bits per heavy atom. The van der Waals surface area contributed by atoms with Gasteiger partial charge in [0.05, 0.1) is 6.04 Å². The molecular formula is C12H15F3N2O4. The SMILES string of the molecule is Cc1ccc(C(C)NC(=O)N(CC(=O)O)CC(F)(F)F)o1. The van der Waals surface area contributed by atoms with Crippen molar-refractivity contribution in [1.82, 2.24) is 10.2 Å². The average Bonchev–Trinajstić information content (AvgIpc) is 2.72. The van der Waals surface area contributed by atoms with Crippen molar-refractivity contribution >= 4 is 12.0 Å². The first-order valence-corrected chi connectivity index (χ1v) is 5.99. The Hall–Kier alpha value is -2.19. The van der Waals surface area contributed by atoms with Gasteiger partial charge in [-0.15, -0.1) is 0 Å². The van der Waals surface area contributed by atoms with Crippen molar-refractivity contribution in [3.63, 3.8) is 0 Å². The van der Waals surface area contributed by atoms with Gasteiger partial charge in [-0.25, -0.2) is 4.79 Å². The predicted octanol–water partition coefficient (Wildman–Crippen LogP) is 2.31. The molecule has 1 heterocycles. The van der Waals surface area contributed by atoms with E-state index in [2.05, 4.69) is 5.32 Å². The molecular weight excluding hydrogens is 293 g/mol. The largest absolute Gasteiger partial charge is 0.480 e. The Bertz CT molecular complexity index is 513. The first-order valence-electron chi connectivity index (χ1n) is 5.99. The van der Waals surface area contributed by atoms with Crippen LogP contribution in [0.25, 0.3) is 0 Å². The summed E-state index contributed by atoms with van der Waals surface area (Å²) in [5.74, 6) is -0.581. The number of urea groups is 1. The second kappa shape index (κ2) is 6.51. The molecule has 1 rings (SSSR count). The third-order valence-electron chi connectivity index (χ3n) is 2.51. The zero-order valence-electron chi connectivity index (χ0n) is 11.4. The van der Waals surface area contributed by atoms with E-state index in [0.29, 0.717) is 11.5 Å². The highest BCUT2D eigenvalue weighted by molar-refractivity contribution is 5.80. The minimum atomic E-state index is -4.68. The van der Waals surface area contributed by atoms with Crippen LogP contribution in [-0.4, -0.2) is 41.3 Å². The van der Waals surface area contributed by atoms with Crippen LogP contribution < -0.4 is 5.32 Å². The molecule has 118 valence electrons. The van der Waals surface area contributed by atoms with Crippen LogP contribution >= 0.6 is 0 Å². The van der Waals surface area contributed by atoms with Crippen molar-refractivity contribution in [2.24, 2.45) is 0 Å². The first-order chi connectivity index (χ1) is 9.58. The average molecular weight is 308 g/mol. The molecule has 6 nitrogen and oxygen atoms in total. The molecule has 9 heteroatoms. The fourth-order valence-corrected chi connectivity index (χ4v) is 1.61. The van der Waals surface area contributed by atoms with E-state index < -0.39 is 37.3 Å². The molecule has 0 aliphatic heterocycles. The van der Waals surface area contributed by atoms with Crippen LogP contribution in [0.2, 0.25) is 0 Å². The van der Waals surface area contributed by atoms with Gasteiger partial charge in [-0.2, -0.15) is 13.2 Å². The number of furan rings is 1. The molecule has 1 atom stereocenters. The standard InChI is InChI=1S/C12H15F3N2O4/c1-7-3-4-9(21-7)8(2)16-11(20)17(5-10(18)19)6-12(13,14)15/h3-4,8H,5-6H2,1-2H3,(H,16,20)(H,18,19). The minimum absolute atomic E-state index is 0.175. The third kappa shape index (κ3) is 5.76. The number of nitrogens with zero attached hydrogens (tertiary/aromatic N) is 1. The highest BCUT2D eigenvalue weighted by atomic mass is 19.4. The molecule has 21 heavy (non-hydrogen) atoms. The molecule has 0 aliphatic rings. The highest BCUT2D eigenvalue weighted by Gasteiger charge is 2.34. The molecule has 1 unspecified atom stereocenters. The van der Waals surface area contributed by atoms with Crippen LogP contribution in [0.3, 0.4) is 0 Å². The Labute approximate surface area is 118 Å². The summed E-state index contributed by atoms with van der Waals surface area (Å²) in [6.45, 7) is 0.505. The molecule has 0 spiro atoms. The number of aryl methyl sites for hydroxylation is 1. The van der Waals surface area contributed by atoms with Crippen LogP contribution in [0, 0.1) is 6.92 Å². The van der Waals surface area contributed by atoms with Gasteiger partial charge in [-0.3, -0.25) is 4.79 Å². The van der Waals surface area contributed by atoms with Crippen LogP contribution in [0.5, 0.6) is 0 Å². The number of carboxylic acids is 1. The summed E-state index contributed by atoms with van der Waals surface area (Å²) >= 11 is 0. The van der Waals surface area contributed by atoms with Gasteiger partial charge in [-0.1, -0.05) is 0 Å². The van der Waals surface area contributed by atoms with E-state index in [0.717, 1.165) is 0 Å². The number of hydrogen-bond donors (Lipinski definition) is 2. The Morgan fingerprint density at radius 2 is 2.05 bits per heavy atom. The lowest BCUT2D eigenvalue weighted by Gasteiger charge is -2.24. The van der Waals surface area contributed by atoms with E-state index in [-0.39, 0.29) is 4.90 Å². The van der Waals surface area contributed by atoms with Gasteiger partial charge < -0.3 is 19.7 Å². The zero-order chi connectivity index (χ0) is 16.2. The number of alkyl halides is 3. The smallest absolute Gasteiger partial charge is 0.406 e. The number of rotatable bonds is 5. The number of carbonyl (C=O) groups excluding carboxylic acids is 1. The van der Waals surface area contributed by atoms with Gasteiger partial charge in [-0.05, 0) is 26.0 Å². The summed E-state index contributed by atoms with van der Waals surface area (Å²) in [4.78, 5) is 22.5. The Morgan fingerprint density at radius 1 is 1.43 bits per heavy atom. The predicted molar refractivity (Wildman–Crippen MR) is 65.7 cm³/mol. The Kier molecular flexibility index (Phi) is 5.23. The quantitative estimate of drug-likeness (QED) is 0.874. The van der Waals surface area contributed by atoms with Crippen molar-refractivity contribution in [3.05, 3.63) is 23.7 Å². The molecule has 0 fully saturated rings. The maximum absolute atomic E-state index is 12.3. The van der Waals surface area contributed by atoms with E-state index in [1.807, 2.05) is 0 Å². The van der Waals surface area contributed by atoms with Crippen LogP contribution in [0.4, 0.5) is 18.0 Å². The molecule has 0 saturated heterocycles. The van der Waals surface area contributed by atoms with Gasteiger partial charge in [0.1, 0.15) is 24.6 Å². The van der Waals surface area contributed by atoms with Gasteiger partial charge in [0.2, 0.25) is 0 Å². The molecule has 0 saturated carbocycles. The summed E-state index contributed by atoms with van der Waals surface area (Å²) in [5.41, 5.74) is 0. The van der Waals surface area contributed by atoms with E-state index in [1.165, 1.54) is 6.92 Å². The number of hydrogen-bond acceptors (Lipinski definition) is 3. The van der Waals surface area contributed by atoms with Gasteiger partial charge in [0.15, 0.2) is 0 Å². The van der Waals surface area contributed by atoms with Crippen LogP contribution in [0.15, 0.2) is 16.5 Å². The fraction of sp³-hybridized carbons (Fsp3) is 0.500. The van der Waals surface area contributed by atoms with Crippen molar-refractivity contribution in [3.8, 4) is 0 Å². The number of carbonyl (C=O) groups is 2. The van der Waals surface area contributed by atoms with Gasteiger partial charge in [0.25, 0.3) is 0 Å². The van der Waals surface area contributed by atoms with Crippen molar-refractivity contribution in [2.75, 3.05) is 13.1 Å². The second-order valence-corrected chi connectivity index (χ2v) is 4.48. The highest BCUT2D eigenvalue weighted by Crippen LogP contribution is 2.18. The van der Waals surface area contributed by atoms with E-state index in [9.17, 15) is 22.8 Å². The lowest BCUT2D eigenvalue weighted by molar-refractivity contribution is -0.149. The van der Waals surface area contributed by atoms with Gasteiger partial charge in [0, 0.05) is 0 Å². The summed E-state index contributed by atoms with van der Waals surface area (Å²) in [6.07, 6.45) is -4.68. The molecule has 1 aromatic rings. The fourth-order valence-electron chi connectivity index (χ4n) is 1.61. The first kappa shape index (κ1) is 16.9. The second-order valence-electron chi connectivity index (χ2n) is 4.48. The van der Waals surface area contributed by atoms with Crippen molar-refractivity contribution < 1.29 is 32.3 Å². The molecule has 0 bridgehead atoms. The molecule has 0 radical (unpaired) electrons. The summed E-state index contributed by atoms with van der Waals surface area (Å²) in [7, 11) is 0. The zero-order valence-corrected chi connectivity index (χ0v) is 11.4.